The summed E-state index contributed by atoms with van der Waals surface area (Å²) in [6, 6.07) is 11.1. The summed E-state index contributed by atoms with van der Waals surface area (Å²) >= 11 is 17.6. The monoisotopic (exact) mass is 349 g/mol. The quantitative estimate of drug-likeness (QED) is 0.901. The van der Waals surface area contributed by atoms with Gasteiger partial charge in [0, 0.05) is 21.6 Å². The van der Waals surface area contributed by atoms with Crippen molar-refractivity contribution >= 4 is 44.8 Å². The Balaban J connectivity index is 2.22. The number of hydrogen-bond acceptors (Lipinski definition) is 2. The van der Waals surface area contributed by atoms with Gasteiger partial charge in [0.25, 0.3) is 0 Å². The first kappa shape index (κ1) is 15.6. The van der Waals surface area contributed by atoms with Crippen molar-refractivity contribution in [2.75, 3.05) is 0 Å². The minimum atomic E-state index is -3.70. The largest absolute Gasteiger partial charge is 0.240 e. The van der Waals surface area contributed by atoms with Gasteiger partial charge in [0.2, 0.25) is 10.0 Å². The summed E-state index contributed by atoms with van der Waals surface area (Å²) in [5.74, 6) is 0. The van der Waals surface area contributed by atoms with E-state index >= 15 is 0 Å². The van der Waals surface area contributed by atoms with E-state index in [1.54, 1.807) is 24.3 Å². The van der Waals surface area contributed by atoms with Gasteiger partial charge in [-0.15, -0.1) is 0 Å². The van der Waals surface area contributed by atoms with Gasteiger partial charge in [-0.3, -0.25) is 0 Å². The van der Waals surface area contributed by atoms with Crippen LogP contribution in [0.4, 0.5) is 0 Å². The number of rotatable bonds is 4. The maximum atomic E-state index is 12.1. The first-order valence-corrected chi connectivity index (χ1v) is 8.19. The Morgan fingerprint density at radius 1 is 0.950 bits per heavy atom. The van der Waals surface area contributed by atoms with Crippen LogP contribution in [0, 0.1) is 0 Å². The Bertz CT molecular complexity index is 712. The normalized spacial score (nSPS) is 11.6. The van der Waals surface area contributed by atoms with Crippen molar-refractivity contribution in [2.24, 2.45) is 0 Å². The van der Waals surface area contributed by atoms with Crippen LogP contribution in [-0.2, 0) is 16.6 Å². The third-order valence-corrected chi connectivity index (χ3v) is 4.74. The molecule has 0 aliphatic rings. The second-order valence-corrected chi connectivity index (χ2v) is 7.07. The Hall–Kier alpha value is -0.780. The van der Waals surface area contributed by atoms with Crippen LogP contribution < -0.4 is 4.72 Å². The Kier molecular flexibility index (Phi) is 4.94. The van der Waals surface area contributed by atoms with E-state index in [2.05, 4.69) is 4.72 Å². The van der Waals surface area contributed by atoms with E-state index in [1.165, 1.54) is 18.2 Å². The van der Waals surface area contributed by atoms with E-state index in [0.717, 1.165) is 0 Å². The molecule has 2 aromatic rings. The third-order valence-electron chi connectivity index (χ3n) is 2.56. The molecule has 0 saturated heterocycles. The number of nitrogens with one attached hydrogen (secondary N) is 1. The fourth-order valence-electron chi connectivity index (χ4n) is 1.58. The van der Waals surface area contributed by atoms with E-state index in [-0.39, 0.29) is 21.5 Å². The van der Waals surface area contributed by atoms with Gasteiger partial charge in [0.05, 0.1) is 4.90 Å². The molecular formula is C13H10Cl3NO2S. The zero-order chi connectivity index (χ0) is 14.8. The average Bonchev–Trinajstić information content (AvgIpc) is 2.37. The molecule has 0 amide bonds. The number of halogens is 3. The lowest BCUT2D eigenvalue weighted by Gasteiger charge is -2.08. The first-order valence-electron chi connectivity index (χ1n) is 5.58. The molecule has 0 bridgehead atoms. The zero-order valence-electron chi connectivity index (χ0n) is 10.1. The molecule has 0 saturated carbocycles. The van der Waals surface area contributed by atoms with Crippen LogP contribution in [0.5, 0.6) is 0 Å². The van der Waals surface area contributed by atoms with Crippen molar-refractivity contribution in [3.63, 3.8) is 0 Å². The zero-order valence-corrected chi connectivity index (χ0v) is 13.2. The maximum Gasteiger partial charge on any atom is 0.240 e. The second kappa shape index (κ2) is 6.33. The van der Waals surface area contributed by atoms with E-state index in [1.807, 2.05) is 0 Å². The number of sulfonamides is 1. The van der Waals surface area contributed by atoms with E-state index < -0.39 is 10.0 Å². The summed E-state index contributed by atoms with van der Waals surface area (Å²) in [6.45, 7) is 0.0894. The molecule has 0 atom stereocenters. The van der Waals surface area contributed by atoms with Gasteiger partial charge in [0.15, 0.2) is 0 Å². The Labute approximate surface area is 132 Å². The molecule has 3 nitrogen and oxygen atoms in total. The van der Waals surface area contributed by atoms with Crippen LogP contribution >= 0.6 is 34.8 Å². The minimum Gasteiger partial charge on any atom is -0.207 e. The fraction of sp³-hybridized carbons (Fsp3) is 0.0769. The van der Waals surface area contributed by atoms with Crippen LogP contribution in [0.3, 0.4) is 0 Å². The summed E-state index contributed by atoms with van der Waals surface area (Å²) in [5, 5.41) is 1.02. The Morgan fingerprint density at radius 2 is 1.55 bits per heavy atom. The van der Waals surface area contributed by atoms with Crippen LogP contribution in [0.25, 0.3) is 0 Å². The predicted molar refractivity (Wildman–Crippen MR) is 81.9 cm³/mol. The van der Waals surface area contributed by atoms with E-state index in [4.69, 9.17) is 34.8 Å². The van der Waals surface area contributed by atoms with Gasteiger partial charge >= 0.3 is 0 Å². The molecule has 0 spiro atoms. The highest BCUT2D eigenvalue weighted by atomic mass is 35.5. The fourth-order valence-corrected chi connectivity index (χ4v) is 3.52. The highest BCUT2D eigenvalue weighted by molar-refractivity contribution is 7.89. The van der Waals surface area contributed by atoms with E-state index in [0.29, 0.717) is 10.6 Å². The maximum absolute atomic E-state index is 12.1. The standard InChI is InChI=1S/C13H10Cl3NO2S/c14-10-5-11(15)7-12(6-10)20(18,19)17-8-9-3-1-2-4-13(9)16/h1-7,17H,8H2. The van der Waals surface area contributed by atoms with Crippen molar-refractivity contribution in [3.8, 4) is 0 Å². The molecule has 2 rings (SSSR count). The summed E-state index contributed by atoms with van der Waals surface area (Å²) in [5.41, 5.74) is 0.686. The first-order chi connectivity index (χ1) is 9.38. The van der Waals surface area contributed by atoms with Crippen LogP contribution in [0.1, 0.15) is 5.56 Å². The van der Waals surface area contributed by atoms with Gasteiger partial charge in [-0.2, -0.15) is 0 Å². The molecule has 0 unspecified atom stereocenters. The molecule has 0 aliphatic heterocycles. The molecule has 106 valence electrons. The highest BCUT2D eigenvalue weighted by Gasteiger charge is 2.15. The molecule has 0 aromatic heterocycles. The lowest BCUT2D eigenvalue weighted by atomic mass is 10.2. The minimum absolute atomic E-state index is 0.0158. The van der Waals surface area contributed by atoms with Gasteiger partial charge in [-0.1, -0.05) is 53.0 Å². The molecule has 20 heavy (non-hydrogen) atoms. The number of benzene rings is 2. The predicted octanol–water partition coefficient (Wildman–Crippen LogP) is 4.13. The van der Waals surface area contributed by atoms with Crippen LogP contribution in [0.2, 0.25) is 15.1 Å². The lowest BCUT2D eigenvalue weighted by Crippen LogP contribution is -2.23. The second-order valence-electron chi connectivity index (χ2n) is 4.02. The summed E-state index contributed by atoms with van der Waals surface area (Å²) in [7, 11) is -3.70. The summed E-state index contributed by atoms with van der Waals surface area (Å²) in [4.78, 5) is 0.0158. The molecule has 0 heterocycles. The topological polar surface area (TPSA) is 46.2 Å². The highest BCUT2D eigenvalue weighted by Crippen LogP contribution is 2.22. The van der Waals surface area contributed by atoms with Crippen LogP contribution in [-0.4, -0.2) is 8.42 Å². The third kappa shape index (κ3) is 3.87. The van der Waals surface area contributed by atoms with Gasteiger partial charge < -0.3 is 0 Å². The average molecular weight is 351 g/mol. The summed E-state index contributed by atoms with van der Waals surface area (Å²) < 4.78 is 26.8. The van der Waals surface area contributed by atoms with Crippen molar-refractivity contribution in [2.45, 2.75) is 11.4 Å². The van der Waals surface area contributed by atoms with Crippen LogP contribution in [0.15, 0.2) is 47.4 Å². The molecule has 0 radical (unpaired) electrons. The summed E-state index contributed by atoms with van der Waals surface area (Å²) in [6.07, 6.45) is 0. The molecule has 0 aliphatic carbocycles. The molecule has 1 N–H and O–H groups in total. The number of hydrogen-bond donors (Lipinski definition) is 1. The van der Waals surface area contributed by atoms with Crippen molar-refractivity contribution in [1.82, 2.24) is 4.72 Å². The molecular weight excluding hydrogens is 341 g/mol. The van der Waals surface area contributed by atoms with Crippen molar-refractivity contribution in [1.29, 1.82) is 0 Å². The van der Waals surface area contributed by atoms with Gasteiger partial charge in [0.1, 0.15) is 0 Å². The van der Waals surface area contributed by atoms with Crippen molar-refractivity contribution in [3.05, 3.63) is 63.1 Å². The molecule has 7 heteroatoms. The van der Waals surface area contributed by atoms with Gasteiger partial charge in [-0.05, 0) is 29.8 Å². The molecule has 0 fully saturated rings. The molecule has 2 aromatic carbocycles. The van der Waals surface area contributed by atoms with Gasteiger partial charge in [-0.25, -0.2) is 13.1 Å². The lowest BCUT2D eigenvalue weighted by molar-refractivity contribution is 0.581. The smallest absolute Gasteiger partial charge is 0.207 e. The Morgan fingerprint density at radius 3 is 2.15 bits per heavy atom. The van der Waals surface area contributed by atoms with Crippen molar-refractivity contribution < 1.29 is 8.42 Å². The SMILES string of the molecule is O=S(=O)(NCc1ccccc1Cl)c1cc(Cl)cc(Cl)c1. The van der Waals surface area contributed by atoms with E-state index in [9.17, 15) is 8.42 Å².